The first kappa shape index (κ1) is 17.2. The van der Waals surface area contributed by atoms with Gasteiger partial charge >= 0.3 is 0 Å². The van der Waals surface area contributed by atoms with Crippen LogP contribution in [-0.4, -0.2) is 61.7 Å². The van der Waals surface area contributed by atoms with Crippen LogP contribution in [-0.2, 0) is 0 Å². The minimum Gasteiger partial charge on any atom is -0.313 e. The lowest BCUT2D eigenvalue weighted by molar-refractivity contribution is 0.101. The van der Waals surface area contributed by atoms with E-state index < -0.39 is 0 Å². The van der Waals surface area contributed by atoms with Crippen LogP contribution < -0.4 is 5.32 Å². The molecule has 0 aromatic carbocycles. The third kappa shape index (κ3) is 4.67. The van der Waals surface area contributed by atoms with Crippen LogP contribution in [0.3, 0.4) is 0 Å². The second-order valence-corrected chi connectivity index (χ2v) is 8.32. The van der Waals surface area contributed by atoms with Crippen molar-refractivity contribution >= 4 is 0 Å². The largest absolute Gasteiger partial charge is 0.313 e. The lowest BCUT2D eigenvalue weighted by Gasteiger charge is -2.39. The number of nitrogens with one attached hydrogen (secondary N) is 1. The van der Waals surface area contributed by atoms with Crippen LogP contribution >= 0.6 is 0 Å². The topological polar surface area (TPSA) is 18.5 Å². The zero-order valence-corrected chi connectivity index (χ0v) is 15.0. The summed E-state index contributed by atoms with van der Waals surface area (Å²) in [6, 6.07) is 0.705. The highest BCUT2D eigenvalue weighted by atomic mass is 15.3. The lowest BCUT2D eigenvalue weighted by Crippen LogP contribution is -2.51. The summed E-state index contributed by atoms with van der Waals surface area (Å²) in [5, 5.41) is 3.77. The molecule has 2 rings (SSSR count). The quantitative estimate of drug-likeness (QED) is 0.813. The average molecular weight is 296 g/mol. The molecule has 2 unspecified atom stereocenters. The highest BCUT2D eigenvalue weighted by Gasteiger charge is 2.41. The van der Waals surface area contributed by atoms with Gasteiger partial charge in [0.1, 0.15) is 0 Å². The van der Waals surface area contributed by atoms with Crippen LogP contribution in [0.4, 0.5) is 0 Å². The molecule has 0 radical (unpaired) electrons. The Morgan fingerprint density at radius 2 is 1.71 bits per heavy atom. The number of hydrogen-bond acceptors (Lipinski definition) is 3. The van der Waals surface area contributed by atoms with Gasteiger partial charge in [0.05, 0.1) is 0 Å². The van der Waals surface area contributed by atoms with Gasteiger partial charge < -0.3 is 15.1 Å². The molecule has 1 aliphatic carbocycles. The smallest absolute Gasteiger partial charge is 0.0159 e. The van der Waals surface area contributed by atoms with Gasteiger partial charge in [-0.3, -0.25) is 0 Å². The fourth-order valence-corrected chi connectivity index (χ4v) is 4.38. The van der Waals surface area contributed by atoms with E-state index in [1.807, 2.05) is 0 Å². The Kier molecular flexibility index (Phi) is 6.10. The summed E-state index contributed by atoms with van der Waals surface area (Å²) in [7, 11) is 0. The molecule has 21 heavy (non-hydrogen) atoms. The van der Waals surface area contributed by atoms with Crippen molar-refractivity contribution in [3.63, 3.8) is 0 Å². The minimum atomic E-state index is 0.472. The van der Waals surface area contributed by atoms with E-state index in [1.54, 1.807) is 0 Å². The summed E-state index contributed by atoms with van der Waals surface area (Å²) >= 11 is 0. The maximum absolute atomic E-state index is 3.77. The fraction of sp³-hybridized carbons (Fsp3) is 1.00. The molecule has 0 spiro atoms. The predicted molar refractivity (Wildman–Crippen MR) is 91.7 cm³/mol. The molecule has 3 nitrogen and oxygen atoms in total. The SMILES string of the molecule is CCNC1C(CN2CCN(CC(C)C)CC2)CCC1(C)C. The van der Waals surface area contributed by atoms with Gasteiger partial charge in [-0.05, 0) is 36.6 Å². The Morgan fingerprint density at radius 3 is 2.29 bits per heavy atom. The Labute approximate surface area is 132 Å². The monoisotopic (exact) mass is 295 g/mol. The van der Waals surface area contributed by atoms with Crippen LogP contribution in [0.5, 0.6) is 0 Å². The first-order chi connectivity index (χ1) is 9.92. The van der Waals surface area contributed by atoms with E-state index in [0.29, 0.717) is 11.5 Å². The van der Waals surface area contributed by atoms with Crippen LogP contribution in [0.1, 0.15) is 47.5 Å². The number of hydrogen-bond donors (Lipinski definition) is 1. The van der Waals surface area contributed by atoms with Gasteiger partial charge in [-0.25, -0.2) is 0 Å². The van der Waals surface area contributed by atoms with Crippen molar-refractivity contribution in [3.05, 3.63) is 0 Å². The van der Waals surface area contributed by atoms with Crippen molar-refractivity contribution in [1.82, 2.24) is 15.1 Å². The molecule has 0 bridgehead atoms. The van der Waals surface area contributed by atoms with Crippen LogP contribution in [0, 0.1) is 17.3 Å². The minimum absolute atomic E-state index is 0.472. The third-order valence-electron chi connectivity index (χ3n) is 5.48. The maximum Gasteiger partial charge on any atom is 0.0159 e. The van der Waals surface area contributed by atoms with E-state index in [2.05, 4.69) is 49.7 Å². The van der Waals surface area contributed by atoms with Gasteiger partial charge in [-0.15, -0.1) is 0 Å². The molecule has 1 N–H and O–H groups in total. The Bertz CT molecular complexity index is 306. The molecule has 1 saturated heterocycles. The molecule has 3 heteroatoms. The highest BCUT2D eigenvalue weighted by Crippen LogP contribution is 2.41. The van der Waals surface area contributed by atoms with Gasteiger partial charge in [0.15, 0.2) is 0 Å². The molecule has 0 aromatic rings. The lowest BCUT2D eigenvalue weighted by atomic mass is 9.84. The van der Waals surface area contributed by atoms with Gasteiger partial charge in [0.25, 0.3) is 0 Å². The van der Waals surface area contributed by atoms with Gasteiger partial charge in [0.2, 0.25) is 0 Å². The van der Waals surface area contributed by atoms with Gasteiger partial charge in [-0.1, -0.05) is 34.6 Å². The number of nitrogens with zero attached hydrogens (tertiary/aromatic N) is 2. The summed E-state index contributed by atoms with van der Waals surface area (Å²) in [4.78, 5) is 5.36. The Morgan fingerprint density at radius 1 is 1.10 bits per heavy atom. The average Bonchev–Trinajstić information content (AvgIpc) is 2.68. The van der Waals surface area contributed by atoms with Crippen molar-refractivity contribution in [2.24, 2.45) is 17.3 Å². The molecule has 124 valence electrons. The van der Waals surface area contributed by atoms with Crippen molar-refractivity contribution in [2.45, 2.75) is 53.5 Å². The summed E-state index contributed by atoms with van der Waals surface area (Å²) in [6.45, 7) is 20.5. The number of piperazine rings is 1. The van der Waals surface area contributed by atoms with Crippen molar-refractivity contribution in [2.75, 3.05) is 45.8 Å². The molecule has 1 saturated carbocycles. The van der Waals surface area contributed by atoms with E-state index in [9.17, 15) is 0 Å². The molecule has 2 aliphatic rings. The molecule has 2 atom stereocenters. The predicted octanol–water partition coefficient (Wildman–Crippen LogP) is 2.67. The van der Waals surface area contributed by atoms with E-state index >= 15 is 0 Å². The van der Waals surface area contributed by atoms with E-state index in [1.165, 1.54) is 52.1 Å². The van der Waals surface area contributed by atoms with E-state index in [0.717, 1.165) is 18.4 Å². The molecule has 1 heterocycles. The van der Waals surface area contributed by atoms with E-state index in [4.69, 9.17) is 0 Å². The number of rotatable bonds is 6. The second kappa shape index (κ2) is 7.43. The zero-order chi connectivity index (χ0) is 15.5. The third-order valence-corrected chi connectivity index (χ3v) is 5.48. The first-order valence-electron chi connectivity index (χ1n) is 9.10. The fourth-order valence-electron chi connectivity index (χ4n) is 4.38. The Hall–Kier alpha value is -0.120. The van der Waals surface area contributed by atoms with Gasteiger partial charge in [0, 0.05) is 45.3 Å². The highest BCUT2D eigenvalue weighted by molar-refractivity contribution is 4.97. The maximum atomic E-state index is 3.77. The van der Waals surface area contributed by atoms with E-state index in [-0.39, 0.29) is 0 Å². The summed E-state index contributed by atoms with van der Waals surface area (Å²) in [5.74, 6) is 1.64. The standard InChI is InChI=1S/C18H37N3/c1-6-19-17-16(7-8-18(17,4)5)14-21-11-9-20(10-12-21)13-15(2)3/h15-17,19H,6-14H2,1-5H3. The molecule has 1 aliphatic heterocycles. The van der Waals surface area contributed by atoms with Crippen LogP contribution in [0.25, 0.3) is 0 Å². The molecule has 2 fully saturated rings. The summed E-state index contributed by atoms with van der Waals surface area (Å²) < 4.78 is 0. The van der Waals surface area contributed by atoms with Crippen LogP contribution in [0.2, 0.25) is 0 Å². The molecule has 0 amide bonds. The van der Waals surface area contributed by atoms with Gasteiger partial charge in [-0.2, -0.15) is 0 Å². The van der Waals surface area contributed by atoms with Crippen LogP contribution in [0.15, 0.2) is 0 Å². The molecule has 0 aromatic heterocycles. The Balaban J connectivity index is 1.80. The first-order valence-corrected chi connectivity index (χ1v) is 9.10. The van der Waals surface area contributed by atoms with Crippen molar-refractivity contribution in [3.8, 4) is 0 Å². The summed E-state index contributed by atoms with van der Waals surface area (Å²) in [5.41, 5.74) is 0.472. The normalized spacial score (nSPS) is 31.1. The zero-order valence-electron chi connectivity index (χ0n) is 15.0. The summed E-state index contributed by atoms with van der Waals surface area (Å²) in [6.07, 6.45) is 2.78. The van der Waals surface area contributed by atoms with Crippen molar-refractivity contribution < 1.29 is 0 Å². The molecular weight excluding hydrogens is 258 g/mol. The second-order valence-electron chi connectivity index (χ2n) is 8.32. The molecular formula is C18H37N3. The van der Waals surface area contributed by atoms with Crippen molar-refractivity contribution in [1.29, 1.82) is 0 Å².